The molecule has 0 saturated heterocycles. The van der Waals surface area contributed by atoms with Crippen LogP contribution in [-0.2, 0) is 6.42 Å². The normalized spacial score (nSPS) is 9.80. The van der Waals surface area contributed by atoms with Crippen molar-refractivity contribution in [2.45, 2.75) is 20.3 Å². The number of rotatable bonds is 3. The predicted octanol–water partition coefficient (Wildman–Crippen LogP) is 1.02. The number of nitrogens with one attached hydrogen (secondary N) is 2. The van der Waals surface area contributed by atoms with E-state index in [0.717, 1.165) is 6.42 Å². The van der Waals surface area contributed by atoms with Gasteiger partial charge in [-0.15, -0.1) is 0 Å². The zero-order chi connectivity index (χ0) is 11.3. The van der Waals surface area contributed by atoms with Crippen LogP contribution >= 0.6 is 0 Å². The number of nitrogens with two attached hydrogens (primary N) is 1. The Bertz CT molecular complexity index is 350. The van der Waals surface area contributed by atoms with Crippen molar-refractivity contribution in [3.63, 3.8) is 0 Å². The van der Waals surface area contributed by atoms with Crippen molar-refractivity contribution in [1.29, 1.82) is 0 Å². The first-order valence-corrected chi connectivity index (χ1v) is 4.94. The van der Waals surface area contributed by atoms with E-state index in [4.69, 9.17) is 5.84 Å². The van der Waals surface area contributed by atoms with Crippen LogP contribution in [0.1, 0.15) is 16.7 Å². The Morgan fingerprint density at radius 3 is 2.80 bits per heavy atom. The summed E-state index contributed by atoms with van der Waals surface area (Å²) in [5.41, 5.74) is 5.76. The van der Waals surface area contributed by atoms with Crippen LogP contribution in [-0.4, -0.2) is 12.6 Å². The maximum atomic E-state index is 10.8. The van der Waals surface area contributed by atoms with Crippen LogP contribution in [0.2, 0.25) is 0 Å². The van der Waals surface area contributed by atoms with Gasteiger partial charge in [-0.05, 0) is 31.4 Å². The summed E-state index contributed by atoms with van der Waals surface area (Å²) in [5.74, 6) is 4.94. The number of hydrogen-bond acceptors (Lipinski definition) is 2. The number of urea groups is 1. The van der Waals surface area contributed by atoms with Gasteiger partial charge in [0.1, 0.15) is 0 Å². The van der Waals surface area contributed by atoms with Gasteiger partial charge in [-0.25, -0.2) is 10.6 Å². The van der Waals surface area contributed by atoms with E-state index in [-0.39, 0.29) is 6.03 Å². The fourth-order valence-electron chi connectivity index (χ4n) is 1.43. The van der Waals surface area contributed by atoms with Crippen molar-refractivity contribution in [3.8, 4) is 0 Å². The molecule has 4 N–H and O–H groups in total. The Hall–Kier alpha value is -1.55. The lowest BCUT2D eigenvalue weighted by Crippen LogP contribution is -2.40. The topological polar surface area (TPSA) is 67.2 Å². The standard InChI is InChI=1S/C11H17N3O/c1-8-3-4-9(2)10(7-8)5-6-13-11(15)14-12/h3-4,7H,5-6,12H2,1-2H3,(H2,13,14,15). The molecule has 15 heavy (non-hydrogen) atoms. The molecule has 1 aromatic rings. The van der Waals surface area contributed by atoms with E-state index in [0.29, 0.717) is 6.54 Å². The molecule has 1 aromatic carbocycles. The van der Waals surface area contributed by atoms with Crippen LogP contribution in [0.25, 0.3) is 0 Å². The zero-order valence-electron chi connectivity index (χ0n) is 9.13. The Balaban J connectivity index is 2.50. The summed E-state index contributed by atoms with van der Waals surface area (Å²) in [6.45, 7) is 4.72. The summed E-state index contributed by atoms with van der Waals surface area (Å²) in [6, 6.07) is 5.96. The number of carbonyl (C=O) groups excluding carboxylic acids is 1. The van der Waals surface area contributed by atoms with Gasteiger partial charge in [0.15, 0.2) is 0 Å². The van der Waals surface area contributed by atoms with E-state index in [9.17, 15) is 4.79 Å². The molecule has 0 aliphatic heterocycles. The first-order valence-electron chi connectivity index (χ1n) is 4.94. The van der Waals surface area contributed by atoms with Crippen molar-refractivity contribution in [3.05, 3.63) is 34.9 Å². The summed E-state index contributed by atoms with van der Waals surface area (Å²) in [7, 11) is 0. The first-order chi connectivity index (χ1) is 7.13. The Labute approximate surface area is 89.8 Å². The lowest BCUT2D eigenvalue weighted by atomic mass is 10.0. The molecule has 0 atom stereocenters. The third-order valence-electron chi connectivity index (χ3n) is 2.32. The highest BCUT2D eigenvalue weighted by Crippen LogP contribution is 2.10. The van der Waals surface area contributed by atoms with Gasteiger partial charge in [-0.3, -0.25) is 5.43 Å². The summed E-state index contributed by atoms with van der Waals surface area (Å²) >= 11 is 0. The molecule has 0 heterocycles. The molecule has 4 nitrogen and oxygen atoms in total. The number of benzene rings is 1. The molecule has 0 aromatic heterocycles. The Morgan fingerprint density at radius 1 is 1.40 bits per heavy atom. The molecule has 0 bridgehead atoms. The average molecular weight is 207 g/mol. The molecule has 0 aliphatic rings. The van der Waals surface area contributed by atoms with Gasteiger partial charge in [-0.2, -0.15) is 0 Å². The fourth-order valence-corrected chi connectivity index (χ4v) is 1.43. The molecule has 0 unspecified atom stereocenters. The van der Waals surface area contributed by atoms with E-state index < -0.39 is 0 Å². The largest absolute Gasteiger partial charge is 0.337 e. The number of amides is 2. The molecular weight excluding hydrogens is 190 g/mol. The van der Waals surface area contributed by atoms with E-state index in [2.05, 4.69) is 37.4 Å². The second-order valence-electron chi connectivity index (χ2n) is 3.58. The number of hydrazine groups is 1. The quantitative estimate of drug-likeness (QED) is 0.393. The lowest BCUT2D eigenvalue weighted by molar-refractivity contribution is 0.241. The van der Waals surface area contributed by atoms with Crippen molar-refractivity contribution in [1.82, 2.24) is 10.7 Å². The molecule has 0 fully saturated rings. The number of hydrogen-bond donors (Lipinski definition) is 3. The van der Waals surface area contributed by atoms with Crippen LogP contribution in [0.5, 0.6) is 0 Å². The molecule has 0 radical (unpaired) electrons. The maximum Gasteiger partial charge on any atom is 0.328 e. The maximum absolute atomic E-state index is 10.8. The van der Waals surface area contributed by atoms with E-state index in [1.165, 1.54) is 16.7 Å². The van der Waals surface area contributed by atoms with Crippen molar-refractivity contribution < 1.29 is 4.79 Å². The Kier molecular flexibility index (Phi) is 4.12. The molecule has 2 amide bonds. The molecule has 4 heteroatoms. The van der Waals surface area contributed by atoms with Crippen molar-refractivity contribution >= 4 is 6.03 Å². The van der Waals surface area contributed by atoms with Crippen LogP contribution in [0.15, 0.2) is 18.2 Å². The monoisotopic (exact) mass is 207 g/mol. The highest BCUT2D eigenvalue weighted by Gasteiger charge is 2.00. The smallest absolute Gasteiger partial charge is 0.328 e. The summed E-state index contributed by atoms with van der Waals surface area (Å²) in [6.07, 6.45) is 0.820. The van der Waals surface area contributed by atoms with Crippen LogP contribution < -0.4 is 16.6 Å². The zero-order valence-corrected chi connectivity index (χ0v) is 9.13. The number of aryl methyl sites for hydroxylation is 2. The summed E-state index contributed by atoms with van der Waals surface area (Å²) < 4.78 is 0. The van der Waals surface area contributed by atoms with Crippen molar-refractivity contribution in [2.24, 2.45) is 5.84 Å². The van der Waals surface area contributed by atoms with Gasteiger partial charge < -0.3 is 5.32 Å². The van der Waals surface area contributed by atoms with Gasteiger partial charge in [0.2, 0.25) is 0 Å². The van der Waals surface area contributed by atoms with Crippen LogP contribution in [0, 0.1) is 13.8 Å². The second kappa shape index (κ2) is 5.36. The van der Waals surface area contributed by atoms with Crippen molar-refractivity contribution in [2.75, 3.05) is 6.54 Å². The van der Waals surface area contributed by atoms with Gasteiger partial charge in [0.25, 0.3) is 0 Å². The number of carbonyl (C=O) groups is 1. The average Bonchev–Trinajstić information content (AvgIpc) is 2.23. The predicted molar refractivity (Wildman–Crippen MR) is 60.3 cm³/mol. The minimum Gasteiger partial charge on any atom is -0.337 e. The van der Waals surface area contributed by atoms with Gasteiger partial charge >= 0.3 is 6.03 Å². The van der Waals surface area contributed by atoms with E-state index in [1.807, 2.05) is 5.43 Å². The molecule has 0 aliphatic carbocycles. The van der Waals surface area contributed by atoms with E-state index in [1.54, 1.807) is 0 Å². The minimum atomic E-state index is -0.347. The third-order valence-corrected chi connectivity index (χ3v) is 2.32. The molecular formula is C11H17N3O. The fraction of sp³-hybridized carbons (Fsp3) is 0.364. The highest BCUT2D eigenvalue weighted by atomic mass is 16.2. The van der Waals surface area contributed by atoms with Gasteiger partial charge in [0.05, 0.1) is 0 Å². The SMILES string of the molecule is Cc1ccc(C)c(CCNC(=O)NN)c1. The summed E-state index contributed by atoms with van der Waals surface area (Å²) in [4.78, 5) is 10.8. The van der Waals surface area contributed by atoms with Crippen LogP contribution in [0.4, 0.5) is 4.79 Å². The minimum absolute atomic E-state index is 0.347. The molecule has 1 rings (SSSR count). The second-order valence-corrected chi connectivity index (χ2v) is 3.58. The highest BCUT2D eigenvalue weighted by molar-refractivity contribution is 5.72. The molecule has 82 valence electrons. The van der Waals surface area contributed by atoms with E-state index >= 15 is 0 Å². The summed E-state index contributed by atoms with van der Waals surface area (Å²) in [5, 5.41) is 2.65. The third kappa shape index (κ3) is 3.59. The Morgan fingerprint density at radius 2 is 2.13 bits per heavy atom. The molecule has 0 saturated carbocycles. The first kappa shape index (κ1) is 11.5. The lowest BCUT2D eigenvalue weighted by Gasteiger charge is -2.08. The van der Waals surface area contributed by atoms with Gasteiger partial charge in [0, 0.05) is 6.54 Å². The van der Waals surface area contributed by atoms with Gasteiger partial charge in [-0.1, -0.05) is 23.8 Å². The molecule has 0 spiro atoms. The van der Waals surface area contributed by atoms with Crippen LogP contribution in [0.3, 0.4) is 0 Å².